The number of halogens is 1. The standard InChI is InChI=1S/C13H9IN2O3/c1-18-8-4-2-7(3-5-8)12-11-9(14)6-10(17)19-13(11)16-15-12/h2-6H,1H3,(H,15,16). The summed E-state index contributed by atoms with van der Waals surface area (Å²) in [6.45, 7) is 0. The second-order valence-corrected chi connectivity index (χ2v) is 5.08. The van der Waals surface area contributed by atoms with Crippen LogP contribution in [0.25, 0.3) is 22.4 Å². The molecule has 0 radical (unpaired) electrons. The first-order valence-corrected chi connectivity index (χ1v) is 6.59. The maximum Gasteiger partial charge on any atom is 0.338 e. The molecule has 1 aromatic carbocycles. The highest BCUT2D eigenvalue weighted by Crippen LogP contribution is 2.29. The number of hydrogen-bond donors (Lipinski definition) is 1. The number of hydrogen-bond acceptors (Lipinski definition) is 4. The third-order valence-electron chi connectivity index (χ3n) is 2.79. The molecule has 0 saturated heterocycles. The van der Waals surface area contributed by atoms with E-state index in [0.29, 0.717) is 5.71 Å². The lowest BCUT2D eigenvalue weighted by Crippen LogP contribution is -1.97. The van der Waals surface area contributed by atoms with E-state index < -0.39 is 5.63 Å². The van der Waals surface area contributed by atoms with Gasteiger partial charge in [-0.05, 0) is 46.9 Å². The summed E-state index contributed by atoms with van der Waals surface area (Å²) in [5.74, 6) is 0.786. The van der Waals surface area contributed by atoms with Crippen molar-refractivity contribution in [2.75, 3.05) is 7.11 Å². The average Bonchev–Trinajstić information content (AvgIpc) is 2.83. The summed E-state index contributed by atoms with van der Waals surface area (Å²) in [4.78, 5) is 11.3. The Morgan fingerprint density at radius 1 is 1.32 bits per heavy atom. The first kappa shape index (κ1) is 12.2. The van der Waals surface area contributed by atoms with Gasteiger partial charge < -0.3 is 9.15 Å². The molecule has 0 atom stereocenters. The number of methoxy groups -OCH3 is 1. The minimum atomic E-state index is -0.398. The fourth-order valence-electron chi connectivity index (χ4n) is 1.89. The molecule has 2 heterocycles. The van der Waals surface area contributed by atoms with Gasteiger partial charge in [-0.3, -0.25) is 5.10 Å². The van der Waals surface area contributed by atoms with Gasteiger partial charge in [0, 0.05) is 15.2 Å². The van der Waals surface area contributed by atoms with Crippen molar-refractivity contribution >= 4 is 33.7 Å². The maximum absolute atomic E-state index is 11.3. The van der Waals surface area contributed by atoms with Crippen molar-refractivity contribution in [3.05, 3.63) is 44.3 Å². The zero-order valence-corrected chi connectivity index (χ0v) is 12.1. The number of H-pyrrole nitrogens is 1. The molecular formula is C13H9IN2O3. The molecule has 3 rings (SSSR count). The molecule has 0 aliphatic carbocycles. The van der Waals surface area contributed by atoms with Crippen LogP contribution in [0.15, 0.2) is 39.5 Å². The second kappa shape index (κ2) is 4.69. The van der Waals surface area contributed by atoms with E-state index in [1.165, 1.54) is 6.07 Å². The van der Waals surface area contributed by atoms with E-state index in [2.05, 4.69) is 32.8 Å². The maximum atomic E-state index is 11.3. The van der Waals surface area contributed by atoms with Crippen LogP contribution in [-0.4, -0.2) is 17.3 Å². The van der Waals surface area contributed by atoms with Crippen molar-refractivity contribution in [2.45, 2.75) is 0 Å². The summed E-state index contributed by atoms with van der Waals surface area (Å²) >= 11 is 2.10. The van der Waals surface area contributed by atoms with Crippen molar-refractivity contribution < 1.29 is 9.15 Å². The molecule has 0 bridgehead atoms. The Morgan fingerprint density at radius 3 is 2.74 bits per heavy atom. The molecule has 1 N–H and O–H groups in total. The third-order valence-corrected chi connectivity index (χ3v) is 3.64. The Balaban J connectivity index is 2.22. The SMILES string of the molecule is COc1ccc(-c2[nH]nc3oc(=O)cc(I)c23)cc1. The summed E-state index contributed by atoms with van der Waals surface area (Å²) in [6, 6.07) is 9.04. The van der Waals surface area contributed by atoms with Crippen molar-refractivity contribution in [2.24, 2.45) is 0 Å². The molecule has 0 aliphatic heterocycles. The van der Waals surface area contributed by atoms with E-state index in [4.69, 9.17) is 9.15 Å². The Hall–Kier alpha value is -1.83. The smallest absolute Gasteiger partial charge is 0.338 e. The number of rotatable bonds is 2. The number of nitrogens with zero attached hydrogens (tertiary/aromatic N) is 1. The molecule has 6 heteroatoms. The predicted molar refractivity (Wildman–Crippen MR) is 79.3 cm³/mol. The first-order chi connectivity index (χ1) is 9.19. The van der Waals surface area contributed by atoms with Gasteiger partial charge in [-0.2, -0.15) is 0 Å². The van der Waals surface area contributed by atoms with Gasteiger partial charge in [0.2, 0.25) is 0 Å². The monoisotopic (exact) mass is 368 g/mol. The van der Waals surface area contributed by atoms with E-state index in [1.807, 2.05) is 24.3 Å². The van der Waals surface area contributed by atoms with Crippen LogP contribution in [-0.2, 0) is 0 Å². The van der Waals surface area contributed by atoms with Crippen LogP contribution in [0.1, 0.15) is 0 Å². The topological polar surface area (TPSA) is 68.1 Å². The van der Waals surface area contributed by atoms with Crippen LogP contribution in [0.5, 0.6) is 5.75 Å². The van der Waals surface area contributed by atoms with Crippen LogP contribution >= 0.6 is 22.6 Å². The van der Waals surface area contributed by atoms with Crippen LogP contribution in [0.4, 0.5) is 0 Å². The van der Waals surface area contributed by atoms with Crippen LogP contribution in [0.2, 0.25) is 0 Å². The predicted octanol–water partition coefficient (Wildman–Crippen LogP) is 2.80. The molecule has 96 valence electrons. The van der Waals surface area contributed by atoms with Gasteiger partial charge in [-0.25, -0.2) is 4.79 Å². The molecular weight excluding hydrogens is 359 g/mol. The van der Waals surface area contributed by atoms with E-state index in [9.17, 15) is 4.79 Å². The van der Waals surface area contributed by atoms with Gasteiger partial charge in [0.15, 0.2) is 0 Å². The van der Waals surface area contributed by atoms with Gasteiger partial charge in [-0.15, -0.1) is 5.10 Å². The van der Waals surface area contributed by atoms with Gasteiger partial charge >= 0.3 is 5.63 Å². The van der Waals surface area contributed by atoms with Gasteiger partial charge in [-0.1, -0.05) is 0 Å². The summed E-state index contributed by atoms with van der Waals surface area (Å²) in [7, 11) is 1.62. The molecule has 3 aromatic rings. The highest BCUT2D eigenvalue weighted by Gasteiger charge is 2.13. The zero-order valence-electron chi connectivity index (χ0n) is 9.94. The molecule has 0 spiro atoms. The zero-order chi connectivity index (χ0) is 13.4. The highest BCUT2D eigenvalue weighted by atomic mass is 127. The van der Waals surface area contributed by atoms with Crippen molar-refractivity contribution in [1.82, 2.24) is 10.2 Å². The minimum absolute atomic E-state index is 0.322. The van der Waals surface area contributed by atoms with Gasteiger partial charge in [0.25, 0.3) is 5.71 Å². The Bertz CT molecular complexity index is 790. The minimum Gasteiger partial charge on any atom is -0.497 e. The lowest BCUT2D eigenvalue weighted by Gasteiger charge is -2.02. The average molecular weight is 368 g/mol. The number of ether oxygens (including phenoxy) is 1. The largest absolute Gasteiger partial charge is 0.497 e. The fraction of sp³-hybridized carbons (Fsp3) is 0.0769. The van der Waals surface area contributed by atoms with Gasteiger partial charge in [0.05, 0.1) is 18.2 Å². The van der Waals surface area contributed by atoms with E-state index >= 15 is 0 Å². The number of nitrogens with one attached hydrogen (secondary N) is 1. The third kappa shape index (κ3) is 2.12. The fourth-order valence-corrected chi connectivity index (χ4v) is 2.64. The summed E-state index contributed by atoms with van der Waals surface area (Å²) in [5.41, 5.74) is 1.70. The highest BCUT2D eigenvalue weighted by molar-refractivity contribution is 14.1. The normalized spacial score (nSPS) is 10.8. The molecule has 19 heavy (non-hydrogen) atoms. The number of fused-ring (bicyclic) bond motifs is 1. The molecule has 5 nitrogen and oxygen atoms in total. The van der Waals surface area contributed by atoms with Gasteiger partial charge in [0.1, 0.15) is 5.75 Å². The number of benzene rings is 1. The van der Waals surface area contributed by atoms with Crippen LogP contribution < -0.4 is 10.4 Å². The van der Waals surface area contributed by atoms with Crippen LogP contribution in [0, 0.1) is 3.57 Å². The van der Waals surface area contributed by atoms with E-state index in [0.717, 1.165) is 26.0 Å². The lowest BCUT2D eigenvalue weighted by molar-refractivity contribution is 0.415. The summed E-state index contributed by atoms with van der Waals surface area (Å²) in [5, 5.41) is 7.75. The Kier molecular flexibility index (Phi) is 3.02. The molecule has 0 amide bonds. The quantitative estimate of drug-likeness (QED) is 0.707. The molecule has 0 unspecified atom stereocenters. The van der Waals surface area contributed by atoms with Crippen LogP contribution in [0.3, 0.4) is 0 Å². The molecule has 2 aromatic heterocycles. The second-order valence-electron chi connectivity index (χ2n) is 3.92. The lowest BCUT2D eigenvalue weighted by atomic mass is 10.1. The van der Waals surface area contributed by atoms with Crippen molar-refractivity contribution in [3.8, 4) is 17.0 Å². The number of aromatic nitrogens is 2. The Morgan fingerprint density at radius 2 is 2.05 bits per heavy atom. The molecule has 0 aliphatic rings. The Labute approximate surface area is 121 Å². The molecule has 0 fully saturated rings. The number of aromatic amines is 1. The summed E-state index contributed by atoms with van der Waals surface area (Å²) in [6.07, 6.45) is 0. The van der Waals surface area contributed by atoms with Crippen molar-refractivity contribution in [3.63, 3.8) is 0 Å². The van der Waals surface area contributed by atoms with Crippen molar-refractivity contribution in [1.29, 1.82) is 0 Å². The van der Waals surface area contributed by atoms with E-state index in [1.54, 1.807) is 7.11 Å². The van der Waals surface area contributed by atoms with E-state index in [-0.39, 0.29) is 0 Å². The molecule has 0 saturated carbocycles. The summed E-state index contributed by atoms with van der Waals surface area (Å²) < 4.78 is 11.0. The first-order valence-electron chi connectivity index (χ1n) is 5.51.